The third-order valence-electron chi connectivity index (χ3n) is 26.5. The van der Waals surface area contributed by atoms with Gasteiger partial charge in [-0.05, 0) is 180 Å². The highest BCUT2D eigenvalue weighted by Crippen LogP contribution is 2.61. The SMILES string of the molecule is c1ccc(-c2ccc(-c3nc(-c4ccc(-c5ccccc5)cc4)nc(-c4cccc(-c5cccc(-c6cccc7c6-c6ccccc6C7(c6ccccc6)c6ccccc6)c5)c4)n3)cc2)cc1.c1ccc(-c2ccc(-c3nc(-c4ccc(-c5ccccc5)cc4)nc(-c4cccc(-c5cccc(-c6cccc7c6C(c6ccccc6)(c6ccccc6)c6ccccc6-7)c5)c4)n3)cc2)cc1. The van der Waals surface area contributed by atoms with Crippen LogP contribution in [0.1, 0.15) is 44.5 Å². The van der Waals surface area contributed by atoms with Gasteiger partial charge in [0.1, 0.15) is 0 Å². The zero-order valence-corrected chi connectivity index (χ0v) is 73.3. The first-order valence-corrected chi connectivity index (χ1v) is 45.7. The summed E-state index contributed by atoms with van der Waals surface area (Å²) >= 11 is 0. The van der Waals surface area contributed by atoms with Crippen molar-refractivity contribution in [3.05, 3.63) is 566 Å². The summed E-state index contributed by atoms with van der Waals surface area (Å²) in [6, 6.07) is 186. The summed E-state index contributed by atoms with van der Waals surface area (Å²) in [6.07, 6.45) is 0. The molecule has 2 aliphatic rings. The summed E-state index contributed by atoms with van der Waals surface area (Å²) in [5.74, 6) is 3.73. The van der Waals surface area contributed by atoms with E-state index < -0.39 is 10.8 Å². The van der Waals surface area contributed by atoms with Crippen molar-refractivity contribution >= 4 is 0 Å². The molecule has 6 heteroatoms. The average molecular weight is 1710 g/mol. The van der Waals surface area contributed by atoms with E-state index in [1.54, 1.807) is 0 Å². The van der Waals surface area contributed by atoms with Gasteiger partial charge in [0.05, 0.1) is 10.8 Å². The molecule has 0 atom stereocenters. The number of aromatic nitrogens is 6. The van der Waals surface area contributed by atoms with E-state index in [4.69, 9.17) is 29.9 Å². The molecule has 20 aromatic carbocycles. The van der Waals surface area contributed by atoms with Crippen LogP contribution in [0.2, 0.25) is 0 Å². The highest BCUT2D eigenvalue weighted by molar-refractivity contribution is 5.98. The molecular weight excluding hydrogens is 1620 g/mol. The first kappa shape index (κ1) is 80.9. The lowest BCUT2D eigenvalue weighted by molar-refractivity contribution is 0.768. The van der Waals surface area contributed by atoms with E-state index in [1.165, 1.54) is 100 Å². The lowest BCUT2D eigenvalue weighted by atomic mass is 9.66. The van der Waals surface area contributed by atoms with E-state index in [0.29, 0.717) is 34.9 Å². The summed E-state index contributed by atoms with van der Waals surface area (Å²) in [7, 11) is 0. The Morgan fingerprint density at radius 1 is 0.119 bits per heavy atom. The second-order valence-corrected chi connectivity index (χ2v) is 34.2. The topological polar surface area (TPSA) is 77.3 Å². The molecule has 0 saturated heterocycles. The monoisotopic (exact) mass is 1710 g/mol. The molecule has 0 amide bonds. The third-order valence-corrected chi connectivity index (χ3v) is 26.5. The maximum absolute atomic E-state index is 5.18. The summed E-state index contributed by atoms with van der Waals surface area (Å²) in [4.78, 5) is 30.9. The van der Waals surface area contributed by atoms with E-state index in [1.807, 2.05) is 24.3 Å². The van der Waals surface area contributed by atoms with Gasteiger partial charge in [-0.3, -0.25) is 0 Å². The zero-order chi connectivity index (χ0) is 89.1. The average Bonchev–Trinajstić information content (AvgIpc) is 1.53. The summed E-state index contributed by atoms with van der Waals surface area (Å²) in [5.41, 5.74) is 38.2. The van der Waals surface area contributed by atoms with Crippen LogP contribution in [0.4, 0.5) is 0 Å². The Morgan fingerprint density at radius 2 is 0.328 bits per heavy atom. The molecule has 0 unspecified atom stereocenters. The highest BCUT2D eigenvalue weighted by Gasteiger charge is 2.49. The summed E-state index contributed by atoms with van der Waals surface area (Å²) in [5, 5.41) is 0. The van der Waals surface area contributed by atoms with Gasteiger partial charge in [-0.25, -0.2) is 29.9 Å². The van der Waals surface area contributed by atoms with Gasteiger partial charge >= 0.3 is 0 Å². The quantitative estimate of drug-likeness (QED) is 0.0852. The molecule has 134 heavy (non-hydrogen) atoms. The number of nitrogens with zero attached hydrogens (tertiary/aromatic N) is 6. The van der Waals surface area contributed by atoms with Gasteiger partial charge in [0.25, 0.3) is 0 Å². The van der Waals surface area contributed by atoms with Gasteiger partial charge in [0, 0.05) is 33.4 Å². The summed E-state index contributed by atoms with van der Waals surface area (Å²) in [6.45, 7) is 0. The van der Waals surface area contributed by atoms with Crippen LogP contribution in [-0.2, 0) is 10.8 Å². The van der Waals surface area contributed by atoms with Gasteiger partial charge < -0.3 is 0 Å². The smallest absolute Gasteiger partial charge is 0.164 e. The molecule has 0 radical (unpaired) electrons. The summed E-state index contributed by atoms with van der Waals surface area (Å²) < 4.78 is 0. The van der Waals surface area contributed by atoms with Gasteiger partial charge in [-0.15, -0.1) is 0 Å². The molecule has 2 heterocycles. The van der Waals surface area contributed by atoms with Crippen LogP contribution in [0, 0.1) is 0 Å². The number of fused-ring (bicyclic) bond motifs is 6. The molecule has 22 aromatic rings. The highest BCUT2D eigenvalue weighted by atomic mass is 15.0. The van der Waals surface area contributed by atoms with Crippen molar-refractivity contribution in [2.75, 3.05) is 0 Å². The van der Waals surface area contributed by atoms with Gasteiger partial charge in [-0.2, -0.15) is 0 Å². The Kier molecular flexibility index (Phi) is 21.4. The number of hydrogen-bond acceptors (Lipinski definition) is 6. The fraction of sp³-hybridized carbons (Fsp3) is 0.0156. The van der Waals surface area contributed by atoms with Crippen LogP contribution in [0.25, 0.3) is 180 Å². The molecule has 0 fully saturated rings. The van der Waals surface area contributed by atoms with E-state index in [0.717, 1.165) is 89.0 Å². The number of hydrogen-bond donors (Lipinski definition) is 0. The van der Waals surface area contributed by atoms with Crippen molar-refractivity contribution in [2.45, 2.75) is 10.8 Å². The standard InChI is InChI=1S/2C64H43N3/c1-5-18-44(19-6-1)46-34-38-48(39-35-46)61-65-62(49-40-36-47(37-41-49)45-20-7-2-8-21-45)67-63(66-61)53-25-16-23-51(43-53)50-22-15-24-52(42-50)56-31-17-32-58-57-30-13-14-33-59(57)64(60(56)58,54-26-9-3-10-27-54)55-28-11-4-12-29-55;1-5-18-44(19-6-1)46-34-38-48(39-35-46)61-65-62(49-40-36-47(37-41-49)45-20-7-2-8-21-45)67-63(66-61)53-25-16-23-51(43-53)50-22-15-24-52(42-50)56-31-17-33-59-60(56)57-30-13-14-32-58(57)64(59,54-26-9-3-10-27-54)55-28-11-4-12-29-55/h2*1-43H. The van der Waals surface area contributed by atoms with Crippen molar-refractivity contribution in [3.63, 3.8) is 0 Å². The minimum atomic E-state index is -0.515. The van der Waals surface area contributed by atoms with Crippen molar-refractivity contribution in [1.29, 1.82) is 0 Å². The maximum Gasteiger partial charge on any atom is 0.164 e. The Morgan fingerprint density at radius 3 is 0.687 bits per heavy atom. The second kappa shape index (κ2) is 35.5. The van der Waals surface area contributed by atoms with Crippen molar-refractivity contribution in [1.82, 2.24) is 29.9 Å². The minimum absolute atomic E-state index is 0.466. The Labute approximate surface area is 781 Å². The molecule has 0 spiro atoms. The van der Waals surface area contributed by atoms with Crippen LogP contribution in [-0.4, -0.2) is 29.9 Å². The molecule has 628 valence electrons. The first-order chi connectivity index (χ1) is 66.4. The molecule has 24 rings (SSSR count). The van der Waals surface area contributed by atoms with Crippen molar-refractivity contribution < 1.29 is 0 Å². The van der Waals surface area contributed by atoms with E-state index >= 15 is 0 Å². The predicted octanol–water partition coefficient (Wildman–Crippen LogP) is 31.8. The molecule has 2 aromatic heterocycles. The minimum Gasteiger partial charge on any atom is -0.208 e. The van der Waals surface area contributed by atoms with Crippen LogP contribution < -0.4 is 0 Å². The molecule has 6 nitrogen and oxygen atoms in total. The lowest BCUT2D eigenvalue weighted by Crippen LogP contribution is -2.29. The van der Waals surface area contributed by atoms with Crippen molar-refractivity contribution in [3.8, 4) is 180 Å². The maximum atomic E-state index is 5.18. The molecule has 0 saturated carbocycles. The fourth-order valence-electron chi connectivity index (χ4n) is 20.2. The van der Waals surface area contributed by atoms with E-state index in [-0.39, 0.29) is 0 Å². The Hall–Kier alpha value is -17.6. The van der Waals surface area contributed by atoms with Crippen LogP contribution in [0.15, 0.2) is 522 Å². The number of rotatable bonds is 18. The van der Waals surface area contributed by atoms with Crippen LogP contribution >= 0.6 is 0 Å². The zero-order valence-electron chi connectivity index (χ0n) is 73.3. The van der Waals surface area contributed by atoms with E-state index in [2.05, 4.69) is 497 Å². The van der Waals surface area contributed by atoms with Crippen LogP contribution in [0.3, 0.4) is 0 Å². The molecule has 0 aliphatic heterocycles. The van der Waals surface area contributed by atoms with Crippen LogP contribution in [0.5, 0.6) is 0 Å². The lowest BCUT2D eigenvalue weighted by Gasteiger charge is -2.35. The normalized spacial score (nSPS) is 12.3. The molecular formula is C128H86N6. The third kappa shape index (κ3) is 15.1. The largest absolute Gasteiger partial charge is 0.208 e. The predicted molar refractivity (Wildman–Crippen MR) is 550 cm³/mol. The van der Waals surface area contributed by atoms with Gasteiger partial charge in [-0.1, -0.05) is 497 Å². The Bertz CT molecular complexity index is 7740. The van der Waals surface area contributed by atoms with Gasteiger partial charge in [0.15, 0.2) is 34.9 Å². The molecule has 2 aliphatic carbocycles. The van der Waals surface area contributed by atoms with Crippen molar-refractivity contribution in [2.24, 2.45) is 0 Å². The van der Waals surface area contributed by atoms with Gasteiger partial charge in [0.2, 0.25) is 0 Å². The fourth-order valence-corrected chi connectivity index (χ4v) is 20.2. The Balaban J connectivity index is 0.000000151. The first-order valence-electron chi connectivity index (χ1n) is 45.7. The van der Waals surface area contributed by atoms with E-state index in [9.17, 15) is 0 Å². The number of benzene rings is 20. The molecule has 0 bridgehead atoms. The molecule has 0 N–H and O–H groups in total. The second-order valence-electron chi connectivity index (χ2n) is 34.2.